The van der Waals surface area contributed by atoms with Crippen LogP contribution in [0.2, 0.25) is 0 Å². The molecule has 1 saturated heterocycles. The maximum absolute atomic E-state index is 11.1. The highest BCUT2D eigenvalue weighted by Gasteiger charge is 2.37. The quantitative estimate of drug-likeness (QED) is 0.302. The summed E-state index contributed by atoms with van der Waals surface area (Å²) in [6.45, 7) is -0.465. The number of carbonyl (C=O) groups excluding carboxylic acids is 2. The van der Waals surface area contributed by atoms with Gasteiger partial charge in [0.2, 0.25) is 12.2 Å². The summed E-state index contributed by atoms with van der Waals surface area (Å²) < 4.78 is 9.23. The molecule has 0 aliphatic carbocycles. The molecule has 0 saturated carbocycles. The van der Waals surface area contributed by atoms with Crippen LogP contribution in [0.25, 0.3) is 0 Å². The first kappa shape index (κ1) is 10.9. The Balaban J connectivity index is 2.53. The molecule has 1 heterocycles. The second kappa shape index (κ2) is 4.86. The molecule has 2 atom stereocenters. The Morgan fingerprint density at radius 3 is 1.64 bits per heavy atom. The van der Waals surface area contributed by atoms with Crippen LogP contribution >= 0.6 is 0 Å². The summed E-state index contributed by atoms with van der Waals surface area (Å²) in [6.07, 6.45) is -2.30. The molecule has 2 unspecified atom stereocenters. The van der Waals surface area contributed by atoms with Crippen LogP contribution in [0.15, 0.2) is 0 Å². The summed E-state index contributed by atoms with van der Waals surface area (Å²) in [4.78, 5) is 22.1. The van der Waals surface area contributed by atoms with Crippen molar-refractivity contribution in [2.75, 3.05) is 13.1 Å². The zero-order chi connectivity index (χ0) is 10.6. The van der Waals surface area contributed by atoms with Crippen LogP contribution in [0.5, 0.6) is 0 Å². The van der Waals surface area contributed by atoms with Crippen LogP contribution in [-0.2, 0) is 19.1 Å². The van der Waals surface area contributed by atoms with Gasteiger partial charge in [0.15, 0.2) is 0 Å². The lowest BCUT2D eigenvalue weighted by Gasteiger charge is -2.26. The minimum Gasteiger partial charge on any atom is -0.446 e. The van der Waals surface area contributed by atoms with E-state index in [-0.39, 0.29) is 13.1 Å². The van der Waals surface area contributed by atoms with Crippen molar-refractivity contribution in [1.82, 2.24) is 11.0 Å². The van der Waals surface area contributed by atoms with Crippen molar-refractivity contribution in [3.8, 4) is 0 Å². The van der Waals surface area contributed by atoms with Gasteiger partial charge >= 0.3 is 11.9 Å². The fraction of sp³-hybridized carbons (Fsp3) is 0.667. The maximum atomic E-state index is 11.1. The monoisotopic (exact) mass is 206 g/mol. The fourth-order valence-corrected chi connectivity index (χ4v) is 0.944. The average molecular weight is 206 g/mol. The van der Waals surface area contributed by atoms with Gasteiger partial charge < -0.3 is 19.9 Å². The van der Waals surface area contributed by atoms with Gasteiger partial charge in [-0.25, -0.2) is 20.5 Å². The Morgan fingerprint density at radius 1 is 1.00 bits per heavy atom. The fourth-order valence-electron chi connectivity index (χ4n) is 0.944. The molecule has 14 heavy (non-hydrogen) atoms. The summed E-state index contributed by atoms with van der Waals surface area (Å²) in [5.41, 5.74) is 3.38. The van der Waals surface area contributed by atoms with E-state index >= 15 is 0 Å². The Bertz CT molecular complexity index is 208. The minimum atomic E-state index is -1.15. The van der Waals surface area contributed by atoms with E-state index in [0.717, 1.165) is 0 Å². The Hall–Kier alpha value is -1.22. The van der Waals surface area contributed by atoms with Gasteiger partial charge in [0.05, 0.1) is 13.1 Å². The summed E-state index contributed by atoms with van der Waals surface area (Å²) in [5, 5.41) is 16.6. The lowest BCUT2D eigenvalue weighted by Crippen LogP contribution is -2.50. The number of carbonyl (C=O) groups is 2. The molecular weight excluding hydrogens is 196 g/mol. The molecule has 8 nitrogen and oxygen atoms in total. The normalized spacial score (nSPS) is 27.0. The van der Waals surface area contributed by atoms with Crippen molar-refractivity contribution >= 4 is 11.9 Å². The van der Waals surface area contributed by atoms with Gasteiger partial charge in [-0.3, -0.25) is 0 Å². The second-order valence-corrected chi connectivity index (χ2v) is 2.58. The Morgan fingerprint density at radius 2 is 1.36 bits per heavy atom. The van der Waals surface area contributed by atoms with E-state index in [0.29, 0.717) is 0 Å². The number of nitrogens with one attached hydrogen (secondary N) is 2. The first-order valence-electron chi connectivity index (χ1n) is 3.84. The van der Waals surface area contributed by atoms with E-state index in [9.17, 15) is 9.59 Å². The van der Waals surface area contributed by atoms with Crippen LogP contribution in [0.4, 0.5) is 0 Å². The van der Waals surface area contributed by atoms with Gasteiger partial charge in [0.25, 0.3) is 0 Å². The minimum absolute atomic E-state index is 0.232. The first-order chi connectivity index (χ1) is 6.69. The molecule has 0 bridgehead atoms. The third kappa shape index (κ3) is 2.39. The van der Waals surface area contributed by atoms with E-state index in [1.54, 1.807) is 11.0 Å². The standard InChI is InChI=1S/C6H10N2O6/c9-5-3(1-7-11)13-6(10)4(14-5)2-8-12/h3-4,7-8,11-12H,1-2H2. The topological polar surface area (TPSA) is 117 Å². The van der Waals surface area contributed by atoms with Crippen LogP contribution in [0.3, 0.4) is 0 Å². The third-order valence-electron chi connectivity index (χ3n) is 1.60. The molecule has 0 radical (unpaired) electrons. The van der Waals surface area contributed by atoms with Gasteiger partial charge in [-0.05, 0) is 0 Å². The zero-order valence-corrected chi connectivity index (χ0v) is 7.10. The van der Waals surface area contributed by atoms with Crippen LogP contribution in [-0.4, -0.2) is 47.7 Å². The first-order valence-corrected chi connectivity index (χ1v) is 3.84. The SMILES string of the molecule is O=C1OC(CNO)C(=O)OC1CNO. The molecule has 8 heteroatoms. The predicted octanol–water partition coefficient (Wildman–Crippen LogP) is -2.22. The highest BCUT2D eigenvalue weighted by Crippen LogP contribution is 2.09. The largest absolute Gasteiger partial charge is 0.446 e. The molecule has 0 aromatic heterocycles. The number of cyclic esters (lactones) is 2. The number of esters is 2. The van der Waals surface area contributed by atoms with E-state index < -0.39 is 24.1 Å². The van der Waals surface area contributed by atoms with Crippen molar-refractivity contribution in [3.63, 3.8) is 0 Å². The van der Waals surface area contributed by atoms with Gasteiger partial charge in [-0.15, -0.1) is 0 Å². The Labute approximate surface area is 78.7 Å². The number of ether oxygens (including phenoxy) is 2. The molecule has 1 rings (SSSR count). The lowest BCUT2D eigenvalue weighted by molar-refractivity contribution is -0.196. The molecular formula is C6H10N2O6. The molecule has 4 N–H and O–H groups in total. The number of hydrogen-bond donors (Lipinski definition) is 4. The van der Waals surface area contributed by atoms with Gasteiger partial charge in [0.1, 0.15) is 0 Å². The molecule has 0 amide bonds. The summed E-state index contributed by atoms with van der Waals surface area (Å²) in [7, 11) is 0. The number of hydrogen-bond acceptors (Lipinski definition) is 8. The smallest absolute Gasteiger partial charge is 0.349 e. The van der Waals surface area contributed by atoms with Crippen molar-refractivity contribution in [2.24, 2.45) is 0 Å². The third-order valence-corrected chi connectivity index (χ3v) is 1.60. The lowest BCUT2D eigenvalue weighted by atomic mass is 10.2. The van der Waals surface area contributed by atoms with Crippen molar-refractivity contribution in [2.45, 2.75) is 12.2 Å². The van der Waals surface area contributed by atoms with Gasteiger partial charge in [-0.2, -0.15) is 0 Å². The average Bonchev–Trinajstić information content (AvgIpc) is 2.14. The van der Waals surface area contributed by atoms with Crippen molar-refractivity contribution < 1.29 is 29.5 Å². The number of rotatable bonds is 4. The van der Waals surface area contributed by atoms with Crippen LogP contribution in [0, 0.1) is 0 Å². The number of hydroxylamine groups is 2. The summed E-state index contributed by atoms with van der Waals surface area (Å²) in [5.74, 6) is -1.54. The highest BCUT2D eigenvalue weighted by molar-refractivity contribution is 5.87. The second-order valence-electron chi connectivity index (χ2n) is 2.58. The van der Waals surface area contributed by atoms with E-state index in [1.165, 1.54) is 0 Å². The van der Waals surface area contributed by atoms with Gasteiger partial charge in [-0.1, -0.05) is 0 Å². The van der Waals surface area contributed by atoms with E-state index in [1.807, 2.05) is 0 Å². The summed E-state index contributed by atoms with van der Waals surface area (Å²) in [6, 6.07) is 0. The van der Waals surface area contributed by atoms with Crippen molar-refractivity contribution in [3.05, 3.63) is 0 Å². The molecule has 1 aliphatic heterocycles. The summed E-state index contributed by atoms with van der Waals surface area (Å²) >= 11 is 0. The molecule has 1 fully saturated rings. The zero-order valence-electron chi connectivity index (χ0n) is 7.10. The van der Waals surface area contributed by atoms with Crippen LogP contribution < -0.4 is 11.0 Å². The highest BCUT2D eigenvalue weighted by atomic mass is 16.6. The van der Waals surface area contributed by atoms with Gasteiger partial charge in [0, 0.05) is 0 Å². The Kier molecular flexibility index (Phi) is 3.77. The molecule has 0 aromatic carbocycles. The maximum Gasteiger partial charge on any atom is 0.349 e. The van der Waals surface area contributed by atoms with Crippen molar-refractivity contribution in [1.29, 1.82) is 0 Å². The van der Waals surface area contributed by atoms with Crippen LogP contribution in [0.1, 0.15) is 0 Å². The predicted molar refractivity (Wildman–Crippen MR) is 39.3 cm³/mol. The van der Waals surface area contributed by atoms with E-state index in [2.05, 4.69) is 9.47 Å². The van der Waals surface area contributed by atoms with E-state index in [4.69, 9.17) is 10.4 Å². The molecule has 1 aliphatic rings. The molecule has 0 spiro atoms. The molecule has 80 valence electrons. The molecule has 0 aromatic rings.